The number of carbonyl (C=O) groups is 1. The Morgan fingerprint density at radius 3 is 2.42 bits per heavy atom. The normalized spacial score (nSPS) is 15.5. The van der Waals surface area contributed by atoms with E-state index in [4.69, 9.17) is 0 Å². The molecule has 1 aliphatic rings. The molecule has 1 fully saturated rings. The molecule has 1 amide bonds. The van der Waals surface area contributed by atoms with Gasteiger partial charge in [-0.3, -0.25) is 9.20 Å². The third kappa shape index (κ3) is 4.38. The van der Waals surface area contributed by atoms with E-state index in [2.05, 4.69) is 22.1 Å². The van der Waals surface area contributed by atoms with Gasteiger partial charge in [-0.15, -0.1) is 0 Å². The van der Waals surface area contributed by atoms with Crippen LogP contribution in [0.4, 0.5) is 24.5 Å². The molecule has 0 bridgehead atoms. The van der Waals surface area contributed by atoms with E-state index in [1.807, 2.05) is 31.2 Å². The maximum Gasteiger partial charge on any atom is 0.417 e. The lowest BCUT2D eigenvalue weighted by molar-refractivity contribution is -0.137. The second kappa shape index (κ2) is 8.24. The number of aromatic nitrogens is 2. The fraction of sp³-hybridized carbons (Fsp3) is 0.391. The maximum absolute atomic E-state index is 13.2. The summed E-state index contributed by atoms with van der Waals surface area (Å²) < 4.78 is 40.7. The number of imidazole rings is 1. The first kappa shape index (κ1) is 21.2. The van der Waals surface area contributed by atoms with Gasteiger partial charge >= 0.3 is 6.18 Å². The van der Waals surface area contributed by atoms with Crippen LogP contribution < -0.4 is 10.2 Å². The molecule has 31 heavy (non-hydrogen) atoms. The number of pyridine rings is 1. The number of nitrogens with one attached hydrogen (secondary N) is 1. The van der Waals surface area contributed by atoms with Crippen LogP contribution in [0.3, 0.4) is 0 Å². The zero-order valence-corrected chi connectivity index (χ0v) is 17.5. The van der Waals surface area contributed by atoms with Gasteiger partial charge in [-0.25, -0.2) is 4.98 Å². The van der Waals surface area contributed by atoms with Gasteiger partial charge in [-0.05, 0) is 61.6 Å². The number of amides is 1. The van der Waals surface area contributed by atoms with Gasteiger partial charge in [0.05, 0.1) is 11.3 Å². The van der Waals surface area contributed by atoms with Crippen molar-refractivity contribution in [3.05, 3.63) is 59.5 Å². The molecule has 3 aromatic rings. The van der Waals surface area contributed by atoms with Crippen LogP contribution in [0, 0.1) is 5.92 Å². The lowest BCUT2D eigenvalue weighted by atomic mass is 9.99. The van der Waals surface area contributed by atoms with Crippen LogP contribution in [0.5, 0.6) is 0 Å². The van der Waals surface area contributed by atoms with Crippen molar-refractivity contribution in [2.75, 3.05) is 23.3 Å². The van der Waals surface area contributed by atoms with Crippen molar-refractivity contribution in [2.24, 2.45) is 5.92 Å². The highest BCUT2D eigenvalue weighted by molar-refractivity contribution is 6.04. The first-order valence-corrected chi connectivity index (χ1v) is 10.5. The van der Waals surface area contributed by atoms with Gasteiger partial charge in [-0.1, -0.05) is 13.8 Å². The molecule has 8 heteroatoms. The minimum atomic E-state index is -4.50. The van der Waals surface area contributed by atoms with E-state index in [1.54, 1.807) is 0 Å². The molecule has 2 aromatic heterocycles. The van der Waals surface area contributed by atoms with Crippen molar-refractivity contribution in [3.63, 3.8) is 0 Å². The van der Waals surface area contributed by atoms with Crippen LogP contribution in [0.25, 0.3) is 5.65 Å². The molecule has 1 aliphatic heterocycles. The smallest absolute Gasteiger partial charge is 0.372 e. The van der Waals surface area contributed by atoms with E-state index in [9.17, 15) is 18.0 Å². The summed E-state index contributed by atoms with van der Waals surface area (Å²) in [5, 5.41) is 2.81. The number of piperidine rings is 1. The maximum atomic E-state index is 13.2. The van der Waals surface area contributed by atoms with Gasteiger partial charge in [0.25, 0.3) is 5.91 Å². The van der Waals surface area contributed by atoms with Crippen molar-refractivity contribution in [2.45, 2.75) is 39.3 Å². The fourth-order valence-electron chi connectivity index (χ4n) is 3.96. The fourth-order valence-corrected chi connectivity index (χ4v) is 3.96. The molecule has 5 nitrogen and oxygen atoms in total. The second-order valence-electron chi connectivity index (χ2n) is 8.07. The Kier molecular flexibility index (Phi) is 5.64. The molecule has 4 rings (SSSR count). The third-order valence-corrected chi connectivity index (χ3v) is 5.84. The summed E-state index contributed by atoms with van der Waals surface area (Å²) in [6, 6.07) is 9.82. The van der Waals surface area contributed by atoms with Crippen molar-refractivity contribution >= 4 is 22.9 Å². The minimum absolute atomic E-state index is 0.123. The third-order valence-electron chi connectivity index (χ3n) is 5.84. The molecule has 3 heterocycles. The summed E-state index contributed by atoms with van der Waals surface area (Å²) >= 11 is 0. The Balaban J connectivity index is 1.58. The van der Waals surface area contributed by atoms with Gasteiger partial charge in [0.15, 0.2) is 0 Å². The Bertz CT molecular complexity index is 1080. The highest BCUT2D eigenvalue weighted by Gasteiger charge is 2.32. The van der Waals surface area contributed by atoms with Crippen LogP contribution in [0.15, 0.2) is 42.6 Å². The Morgan fingerprint density at radius 1 is 1.13 bits per heavy atom. The summed E-state index contributed by atoms with van der Waals surface area (Å²) in [6.07, 6.45) is -0.825. The zero-order chi connectivity index (χ0) is 22.2. The summed E-state index contributed by atoms with van der Waals surface area (Å²) in [7, 11) is 0. The average Bonchev–Trinajstić information content (AvgIpc) is 3.12. The summed E-state index contributed by atoms with van der Waals surface area (Å²) in [6.45, 7) is 6.10. The molecule has 0 unspecified atom stereocenters. The van der Waals surface area contributed by atoms with Gasteiger partial charge in [0.1, 0.15) is 11.3 Å². The number of nitrogens with zero attached hydrogens (tertiary/aromatic N) is 3. The number of anilines is 2. The number of aryl methyl sites for hydroxylation is 1. The summed E-state index contributed by atoms with van der Waals surface area (Å²) in [5.41, 5.74) is 1.75. The van der Waals surface area contributed by atoms with Crippen LogP contribution >= 0.6 is 0 Å². The van der Waals surface area contributed by atoms with E-state index in [0.29, 0.717) is 23.4 Å². The SMILES string of the molecule is CCc1nc2ccc(C(F)(F)F)cn2c1C(=O)Nc1ccc(N2CCC(C)CC2)cc1. The molecule has 164 valence electrons. The molecular formula is C23H25F3N4O. The van der Waals surface area contributed by atoms with Crippen LogP contribution in [0.1, 0.15) is 48.4 Å². The number of hydrogen-bond donors (Lipinski definition) is 1. The van der Waals surface area contributed by atoms with E-state index >= 15 is 0 Å². The van der Waals surface area contributed by atoms with E-state index in [1.165, 1.54) is 10.5 Å². The van der Waals surface area contributed by atoms with Crippen LogP contribution in [-0.4, -0.2) is 28.4 Å². The molecule has 0 saturated carbocycles. The number of benzene rings is 1. The van der Waals surface area contributed by atoms with Crippen LogP contribution in [-0.2, 0) is 12.6 Å². The van der Waals surface area contributed by atoms with Gasteiger partial charge < -0.3 is 10.2 Å². The average molecular weight is 430 g/mol. The molecule has 0 radical (unpaired) electrons. The molecule has 0 spiro atoms. The first-order valence-electron chi connectivity index (χ1n) is 10.5. The monoisotopic (exact) mass is 430 g/mol. The van der Waals surface area contributed by atoms with Gasteiger partial charge in [0, 0.05) is 30.7 Å². The molecule has 0 atom stereocenters. The lowest BCUT2D eigenvalue weighted by Crippen LogP contribution is -2.32. The number of hydrogen-bond acceptors (Lipinski definition) is 3. The highest BCUT2D eigenvalue weighted by Crippen LogP contribution is 2.30. The van der Waals surface area contributed by atoms with Crippen molar-refractivity contribution in [3.8, 4) is 0 Å². The van der Waals surface area contributed by atoms with E-state index in [-0.39, 0.29) is 5.69 Å². The lowest BCUT2D eigenvalue weighted by Gasteiger charge is -2.32. The second-order valence-corrected chi connectivity index (χ2v) is 8.07. The molecule has 1 saturated heterocycles. The zero-order valence-electron chi connectivity index (χ0n) is 17.5. The minimum Gasteiger partial charge on any atom is -0.372 e. The predicted molar refractivity (Wildman–Crippen MR) is 115 cm³/mol. The Labute approximate surface area is 178 Å². The van der Waals surface area contributed by atoms with E-state index < -0.39 is 17.6 Å². The van der Waals surface area contributed by atoms with Crippen molar-refractivity contribution in [1.29, 1.82) is 0 Å². The number of rotatable bonds is 4. The molecule has 1 aromatic carbocycles. The molecular weight excluding hydrogens is 405 g/mol. The Hall–Kier alpha value is -3.03. The number of fused-ring (bicyclic) bond motifs is 1. The molecule has 0 aliphatic carbocycles. The van der Waals surface area contributed by atoms with Crippen molar-refractivity contribution < 1.29 is 18.0 Å². The number of halogens is 3. The topological polar surface area (TPSA) is 49.6 Å². The number of alkyl halides is 3. The highest BCUT2D eigenvalue weighted by atomic mass is 19.4. The van der Waals surface area contributed by atoms with E-state index in [0.717, 1.165) is 49.8 Å². The predicted octanol–water partition coefficient (Wildman–Crippen LogP) is 5.40. The summed E-state index contributed by atoms with van der Waals surface area (Å²) in [4.78, 5) is 19.6. The quantitative estimate of drug-likeness (QED) is 0.603. The standard InChI is InChI=1S/C23H25F3N4O/c1-3-19-21(30-14-16(23(24,25)26)4-9-20(30)28-19)22(31)27-17-5-7-18(8-6-17)29-12-10-15(2)11-13-29/h4-9,14-15H,3,10-13H2,1-2H3,(H,27,31). The Morgan fingerprint density at radius 2 is 1.81 bits per heavy atom. The van der Waals surface area contributed by atoms with Crippen LogP contribution in [0.2, 0.25) is 0 Å². The number of carbonyl (C=O) groups excluding carboxylic acids is 1. The summed E-state index contributed by atoms with van der Waals surface area (Å²) in [5.74, 6) is 0.258. The van der Waals surface area contributed by atoms with Gasteiger partial charge in [-0.2, -0.15) is 13.2 Å². The molecule has 1 N–H and O–H groups in total. The first-order chi connectivity index (χ1) is 14.8. The van der Waals surface area contributed by atoms with Crippen molar-refractivity contribution in [1.82, 2.24) is 9.38 Å². The largest absolute Gasteiger partial charge is 0.417 e. The van der Waals surface area contributed by atoms with Gasteiger partial charge in [0.2, 0.25) is 0 Å².